The van der Waals surface area contributed by atoms with Gasteiger partial charge in [0.25, 0.3) is 0 Å². The lowest BCUT2D eigenvalue weighted by Gasteiger charge is -2.23. The lowest BCUT2D eigenvalue weighted by molar-refractivity contribution is 0.0184. The fourth-order valence-corrected chi connectivity index (χ4v) is 3.33. The van der Waals surface area contributed by atoms with Gasteiger partial charge in [0.1, 0.15) is 11.6 Å². The molecule has 0 saturated carbocycles. The van der Waals surface area contributed by atoms with Crippen molar-refractivity contribution in [3.05, 3.63) is 66.1 Å². The quantitative estimate of drug-likeness (QED) is 0.471. The number of aryl methyl sites for hydroxylation is 1. The first-order valence-electron chi connectivity index (χ1n) is 10.2. The number of rotatable bonds is 8. The Kier molecular flexibility index (Phi) is 6.73. The summed E-state index contributed by atoms with van der Waals surface area (Å²) in [5.41, 5.74) is 5.39. The SMILES string of the molecule is CNc1cc(-c2cccc(-c3cc(NCCC(C)(C)OC)c(F)cc3C)c2)ccn1. The van der Waals surface area contributed by atoms with Gasteiger partial charge in [-0.3, -0.25) is 0 Å². The molecule has 2 N–H and O–H groups in total. The van der Waals surface area contributed by atoms with Gasteiger partial charge in [0.2, 0.25) is 0 Å². The van der Waals surface area contributed by atoms with E-state index in [4.69, 9.17) is 4.74 Å². The number of anilines is 2. The van der Waals surface area contributed by atoms with Crippen molar-refractivity contribution in [3.63, 3.8) is 0 Å². The first-order chi connectivity index (χ1) is 14.3. The van der Waals surface area contributed by atoms with E-state index in [1.807, 2.05) is 52.1 Å². The van der Waals surface area contributed by atoms with Crippen LogP contribution >= 0.6 is 0 Å². The lowest BCUT2D eigenvalue weighted by atomic mass is 9.96. The van der Waals surface area contributed by atoms with E-state index in [-0.39, 0.29) is 11.4 Å². The van der Waals surface area contributed by atoms with Crippen LogP contribution in [0, 0.1) is 12.7 Å². The molecule has 158 valence electrons. The predicted molar refractivity (Wildman–Crippen MR) is 124 cm³/mol. The molecule has 3 aromatic rings. The number of nitrogens with one attached hydrogen (secondary N) is 2. The summed E-state index contributed by atoms with van der Waals surface area (Å²) in [7, 11) is 3.55. The Balaban J connectivity index is 1.90. The second kappa shape index (κ2) is 9.26. The summed E-state index contributed by atoms with van der Waals surface area (Å²) in [6.07, 6.45) is 2.57. The minimum absolute atomic E-state index is 0.240. The molecule has 0 fully saturated rings. The highest BCUT2D eigenvalue weighted by Crippen LogP contribution is 2.32. The number of ether oxygens (including phenoxy) is 1. The van der Waals surface area contributed by atoms with Gasteiger partial charge in [-0.15, -0.1) is 0 Å². The molecule has 1 heterocycles. The average Bonchev–Trinajstić information content (AvgIpc) is 2.75. The number of hydrogen-bond acceptors (Lipinski definition) is 4. The summed E-state index contributed by atoms with van der Waals surface area (Å²) in [5, 5.41) is 6.30. The topological polar surface area (TPSA) is 46.2 Å². The Labute approximate surface area is 178 Å². The minimum Gasteiger partial charge on any atom is -0.383 e. The van der Waals surface area contributed by atoms with Crippen LogP contribution in [-0.2, 0) is 4.74 Å². The number of aromatic nitrogens is 1. The molecule has 0 aliphatic rings. The van der Waals surface area contributed by atoms with Crippen molar-refractivity contribution in [2.45, 2.75) is 32.8 Å². The smallest absolute Gasteiger partial charge is 0.146 e. The molecule has 0 atom stereocenters. The van der Waals surface area contributed by atoms with Gasteiger partial charge in [-0.2, -0.15) is 0 Å². The van der Waals surface area contributed by atoms with E-state index in [1.54, 1.807) is 19.4 Å². The number of halogens is 1. The molecule has 0 aliphatic heterocycles. The van der Waals surface area contributed by atoms with Crippen molar-refractivity contribution in [1.82, 2.24) is 4.98 Å². The molecule has 0 amide bonds. The normalized spacial score (nSPS) is 11.4. The summed E-state index contributed by atoms with van der Waals surface area (Å²) >= 11 is 0. The van der Waals surface area contributed by atoms with Crippen molar-refractivity contribution in [1.29, 1.82) is 0 Å². The molecule has 0 spiro atoms. The largest absolute Gasteiger partial charge is 0.383 e. The first kappa shape index (κ1) is 21.8. The van der Waals surface area contributed by atoms with Crippen LogP contribution in [0.3, 0.4) is 0 Å². The average molecular weight is 408 g/mol. The molecule has 5 heteroatoms. The van der Waals surface area contributed by atoms with E-state index in [1.165, 1.54) is 0 Å². The zero-order valence-corrected chi connectivity index (χ0v) is 18.3. The van der Waals surface area contributed by atoms with Gasteiger partial charge < -0.3 is 15.4 Å². The maximum Gasteiger partial charge on any atom is 0.146 e. The van der Waals surface area contributed by atoms with Gasteiger partial charge >= 0.3 is 0 Å². The third-order valence-corrected chi connectivity index (χ3v) is 5.43. The number of pyridine rings is 1. The van der Waals surface area contributed by atoms with Crippen LogP contribution in [0.1, 0.15) is 25.8 Å². The molecule has 4 nitrogen and oxygen atoms in total. The third kappa shape index (κ3) is 5.16. The second-order valence-electron chi connectivity index (χ2n) is 8.05. The number of nitrogens with zero attached hydrogens (tertiary/aromatic N) is 1. The van der Waals surface area contributed by atoms with Crippen molar-refractivity contribution in [3.8, 4) is 22.3 Å². The molecule has 0 unspecified atom stereocenters. The summed E-state index contributed by atoms with van der Waals surface area (Å²) in [6, 6.07) is 15.8. The van der Waals surface area contributed by atoms with E-state index in [2.05, 4.69) is 33.8 Å². The monoisotopic (exact) mass is 407 g/mol. The maximum absolute atomic E-state index is 14.6. The fourth-order valence-electron chi connectivity index (χ4n) is 3.33. The molecular weight excluding hydrogens is 377 g/mol. The number of methoxy groups -OCH3 is 1. The van der Waals surface area contributed by atoms with E-state index in [0.717, 1.165) is 40.1 Å². The Morgan fingerprint density at radius 3 is 2.50 bits per heavy atom. The molecule has 0 bridgehead atoms. The van der Waals surface area contributed by atoms with Gasteiger partial charge in [-0.1, -0.05) is 18.2 Å². The van der Waals surface area contributed by atoms with Crippen LogP contribution in [0.2, 0.25) is 0 Å². The summed E-state index contributed by atoms with van der Waals surface area (Å²) in [4.78, 5) is 4.28. The van der Waals surface area contributed by atoms with Gasteiger partial charge in [0.05, 0.1) is 11.3 Å². The molecule has 0 aliphatic carbocycles. The highest BCUT2D eigenvalue weighted by molar-refractivity contribution is 5.77. The van der Waals surface area contributed by atoms with Crippen molar-refractivity contribution < 1.29 is 9.13 Å². The minimum atomic E-state index is -0.248. The maximum atomic E-state index is 14.6. The number of benzene rings is 2. The van der Waals surface area contributed by atoms with E-state index in [9.17, 15) is 4.39 Å². The highest BCUT2D eigenvalue weighted by Gasteiger charge is 2.16. The molecule has 3 rings (SSSR count). The van der Waals surface area contributed by atoms with Crippen LogP contribution in [0.5, 0.6) is 0 Å². The van der Waals surface area contributed by atoms with Crippen molar-refractivity contribution in [2.75, 3.05) is 31.3 Å². The molecule has 0 radical (unpaired) electrons. The highest BCUT2D eigenvalue weighted by atomic mass is 19.1. The van der Waals surface area contributed by atoms with Crippen LogP contribution < -0.4 is 10.6 Å². The Morgan fingerprint density at radius 2 is 1.77 bits per heavy atom. The predicted octanol–water partition coefficient (Wildman–Crippen LogP) is 6.13. The fraction of sp³-hybridized carbons (Fsp3) is 0.320. The summed E-state index contributed by atoms with van der Waals surface area (Å²) < 4.78 is 20.0. The van der Waals surface area contributed by atoms with Crippen LogP contribution in [-0.4, -0.2) is 31.3 Å². The van der Waals surface area contributed by atoms with Crippen molar-refractivity contribution >= 4 is 11.5 Å². The summed E-state index contributed by atoms with van der Waals surface area (Å²) in [6.45, 7) is 6.61. The van der Waals surface area contributed by atoms with Crippen LogP contribution in [0.15, 0.2) is 54.7 Å². The zero-order chi connectivity index (χ0) is 21.7. The first-order valence-corrected chi connectivity index (χ1v) is 10.2. The molecule has 0 saturated heterocycles. The van der Waals surface area contributed by atoms with E-state index >= 15 is 0 Å². The standard InChI is InChI=1S/C25H30FN3O/c1-17-13-22(26)23(28-12-10-25(2,3)30-5)16-21(17)20-8-6-7-18(14-20)19-9-11-29-24(15-19)27-4/h6-9,11,13-16,28H,10,12H2,1-5H3,(H,27,29). The Hall–Kier alpha value is -2.92. The molecule has 2 aromatic carbocycles. The Bertz CT molecular complexity index is 1020. The molecule has 30 heavy (non-hydrogen) atoms. The molecular formula is C25H30FN3O. The lowest BCUT2D eigenvalue weighted by Crippen LogP contribution is -2.25. The molecule has 1 aromatic heterocycles. The van der Waals surface area contributed by atoms with Crippen molar-refractivity contribution in [2.24, 2.45) is 0 Å². The Morgan fingerprint density at radius 1 is 1.03 bits per heavy atom. The van der Waals surface area contributed by atoms with Crippen LogP contribution in [0.25, 0.3) is 22.3 Å². The third-order valence-electron chi connectivity index (χ3n) is 5.43. The summed E-state index contributed by atoms with van der Waals surface area (Å²) in [5.74, 6) is 0.580. The zero-order valence-electron chi connectivity index (χ0n) is 18.3. The van der Waals surface area contributed by atoms with E-state index < -0.39 is 0 Å². The van der Waals surface area contributed by atoms with E-state index in [0.29, 0.717) is 12.2 Å². The van der Waals surface area contributed by atoms with Gasteiger partial charge in [0.15, 0.2) is 0 Å². The second-order valence-corrected chi connectivity index (χ2v) is 8.05. The van der Waals surface area contributed by atoms with Gasteiger partial charge in [-0.25, -0.2) is 9.37 Å². The van der Waals surface area contributed by atoms with Crippen LogP contribution in [0.4, 0.5) is 15.9 Å². The van der Waals surface area contributed by atoms with Gasteiger partial charge in [0, 0.05) is 26.9 Å². The number of hydrogen-bond donors (Lipinski definition) is 2. The van der Waals surface area contributed by atoms with Gasteiger partial charge in [-0.05, 0) is 85.3 Å².